The Morgan fingerprint density at radius 2 is 1.61 bits per heavy atom. The van der Waals surface area contributed by atoms with Crippen molar-refractivity contribution in [3.8, 4) is 5.75 Å². The number of hydrogen-bond donors (Lipinski definition) is 1. The molecule has 0 radical (unpaired) electrons. The Bertz CT molecular complexity index is 1420. The zero-order valence-corrected chi connectivity index (χ0v) is 26.9. The second kappa shape index (κ2) is 11.4. The number of esters is 3. The summed E-state index contributed by atoms with van der Waals surface area (Å²) in [5.74, 6) is 1.28. The molecule has 4 saturated carbocycles. The Labute approximate surface area is 261 Å². The third kappa shape index (κ3) is 5.60. The minimum atomic E-state index is -1.07. The summed E-state index contributed by atoms with van der Waals surface area (Å²) in [4.78, 5) is 40.6. The number of carbonyl (C=O) groups is 3. The van der Waals surface area contributed by atoms with Gasteiger partial charge in [-0.2, -0.15) is 0 Å². The summed E-state index contributed by atoms with van der Waals surface area (Å²) in [6, 6.07) is 11.4. The highest BCUT2D eigenvalue weighted by Crippen LogP contribution is 2.60. The fraction of sp³-hybridized carbons (Fsp3) is 0.649. The van der Waals surface area contributed by atoms with Crippen molar-refractivity contribution in [3.63, 3.8) is 0 Å². The number of aromatic hydroxyl groups is 1. The van der Waals surface area contributed by atoms with Crippen LogP contribution < -0.4 is 0 Å². The number of ether oxygens (including phenoxy) is 3. The molecule has 2 aromatic carbocycles. The molecule has 1 N–H and O–H groups in total. The molecule has 4 unspecified atom stereocenters. The monoisotopic (exact) mass is 604 g/mol. The van der Waals surface area contributed by atoms with Crippen LogP contribution in [0.1, 0.15) is 104 Å². The van der Waals surface area contributed by atoms with Crippen LogP contribution in [-0.4, -0.2) is 41.3 Å². The smallest absolute Gasteiger partial charge is 0.347 e. The highest BCUT2D eigenvalue weighted by molar-refractivity contribution is 5.86. The van der Waals surface area contributed by atoms with Crippen LogP contribution in [0.15, 0.2) is 36.4 Å². The Morgan fingerprint density at radius 1 is 0.977 bits per heavy atom. The number of cyclic esters (lactones) is 1. The molecule has 7 heteroatoms. The molecule has 4 atom stereocenters. The van der Waals surface area contributed by atoms with Gasteiger partial charge < -0.3 is 19.3 Å². The number of hydrogen-bond acceptors (Lipinski definition) is 7. The summed E-state index contributed by atoms with van der Waals surface area (Å²) in [6.45, 7) is 10.3. The Balaban J connectivity index is 1.26. The van der Waals surface area contributed by atoms with Gasteiger partial charge in [-0.15, -0.1) is 0 Å². The highest BCUT2D eigenvalue weighted by atomic mass is 16.6. The average Bonchev–Trinajstić information content (AvgIpc) is 3.38. The number of fused-ring (bicyclic) bond motifs is 1. The lowest BCUT2D eigenvalue weighted by atomic mass is 9.50. The molecule has 4 bridgehead atoms. The molecule has 44 heavy (non-hydrogen) atoms. The first kappa shape index (κ1) is 30.9. The van der Waals surface area contributed by atoms with E-state index in [0.29, 0.717) is 31.1 Å². The second-order valence-electron chi connectivity index (χ2n) is 15.3. The van der Waals surface area contributed by atoms with Crippen LogP contribution in [-0.2, 0) is 28.6 Å². The number of phenolic OH excluding ortho intramolecular Hbond substituents is 1. The fourth-order valence-corrected chi connectivity index (χ4v) is 9.25. The molecular formula is C37H48O7. The Hall–Kier alpha value is -3.09. The molecule has 0 aromatic heterocycles. The molecule has 4 aliphatic carbocycles. The van der Waals surface area contributed by atoms with E-state index in [9.17, 15) is 19.5 Å². The van der Waals surface area contributed by atoms with E-state index >= 15 is 0 Å². The number of phenols is 1. The molecule has 1 heterocycles. The van der Waals surface area contributed by atoms with E-state index in [1.165, 1.54) is 6.42 Å². The molecule has 0 amide bonds. The normalized spacial score (nSPS) is 32.5. The fourth-order valence-electron chi connectivity index (χ4n) is 9.25. The topological polar surface area (TPSA) is 99.1 Å². The maximum Gasteiger partial charge on any atom is 0.347 e. The largest absolute Gasteiger partial charge is 0.508 e. The Kier molecular flexibility index (Phi) is 7.99. The second-order valence-corrected chi connectivity index (χ2v) is 15.3. The van der Waals surface area contributed by atoms with E-state index in [-0.39, 0.29) is 30.7 Å². The van der Waals surface area contributed by atoms with Gasteiger partial charge in [0.15, 0.2) is 0 Å². The highest BCUT2D eigenvalue weighted by Gasteiger charge is 2.58. The summed E-state index contributed by atoms with van der Waals surface area (Å²) >= 11 is 0. The molecule has 238 valence electrons. The van der Waals surface area contributed by atoms with E-state index in [2.05, 4.69) is 19.9 Å². The molecule has 7 rings (SSSR count). The van der Waals surface area contributed by atoms with Gasteiger partial charge in [0.05, 0.1) is 17.4 Å². The number of rotatable bonds is 10. The van der Waals surface area contributed by atoms with Crippen LogP contribution in [0.4, 0.5) is 0 Å². The van der Waals surface area contributed by atoms with Crippen LogP contribution in [0.3, 0.4) is 0 Å². The zero-order chi connectivity index (χ0) is 31.4. The van der Waals surface area contributed by atoms with E-state index in [1.807, 2.05) is 39.0 Å². The van der Waals surface area contributed by atoms with Gasteiger partial charge in [-0.3, -0.25) is 9.59 Å². The van der Waals surface area contributed by atoms with Crippen molar-refractivity contribution in [2.75, 3.05) is 6.61 Å². The predicted molar refractivity (Wildman–Crippen MR) is 167 cm³/mol. The summed E-state index contributed by atoms with van der Waals surface area (Å²) in [7, 11) is 0. The average molecular weight is 605 g/mol. The third-order valence-electron chi connectivity index (χ3n) is 11.9. The van der Waals surface area contributed by atoms with Crippen LogP contribution in [0.25, 0.3) is 10.8 Å². The number of carbonyl (C=O) groups excluding carboxylic acids is 3. The SMILES string of the molecule is CCC(C)(CC(C)(CC(C)c1ccc2cc(O)ccc2c1)C(=O)OC1CCOC1=O)C(=O)OC1(C)C2CC3CC(C2)CC1C3. The van der Waals surface area contributed by atoms with E-state index in [1.54, 1.807) is 12.1 Å². The lowest BCUT2D eigenvalue weighted by Gasteiger charge is -2.59. The van der Waals surface area contributed by atoms with Crippen LogP contribution in [0, 0.1) is 34.5 Å². The zero-order valence-electron chi connectivity index (χ0n) is 26.9. The van der Waals surface area contributed by atoms with Gasteiger partial charge in [-0.05, 0) is 130 Å². The lowest BCUT2D eigenvalue weighted by molar-refractivity contribution is -0.214. The lowest BCUT2D eigenvalue weighted by Crippen LogP contribution is -2.59. The predicted octanol–water partition coefficient (Wildman–Crippen LogP) is 7.47. The van der Waals surface area contributed by atoms with Crippen molar-refractivity contribution in [1.82, 2.24) is 0 Å². The standard InChI is InChI=1S/C37H48O7/c1-6-35(3,34(41)44-37(5)28-14-23-13-24(16-28)17-29(37)15-23)21-36(4,33(40)43-31-11-12-42-32(31)39)20-22(2)25-7-8-27-19-30(38)10-9-26(27)18-25/h7-10,18-19,22-24,28-29,31,38H,6,11-17,20-21H2,1-5H3. The maximum atomic E-state index is 14.3. The van der Waals surface area contributed by atoms with Gasteiger partial charge in [-0.25, -0.2) is 4.79 Å². The molecule has 5 fully saturated rings. The van der Waals surface area contributed by atoms with E-state index < -0.39 is 34.5 Å². The number of benzene rings is 2. The van der Waals surface area contributed by atoms with Crippen molar-refractivity contribution in [2.45, 2.75) is 110 Å². The molecule has 5 aliphatic rings. The molecule has 2 aromatic rings. The molecule has 0 spiro atoms. The van der Waals surface area contributed by atoms with Crippen LogP contribution in [0.5, 0.6) is 5.75 Å². The summed E-state index contributed by atoms with van der Waals surface area (Å²) in [5.41, 5.74) is -1.40. The van der Waals surface area contributed by atoms with Gasteiger partial charge >= 0.3 is 17.9 Å². The summed E-state index contributed by atoms with van der Waals surface area (Å²) in [6.07, 6.45) is 6.51. The molecule has 1 saturated heterocycles. The van der Waals surface area contributed by atoms with Crippen molar-refractivity contribution in [3.05, 3.63) is 42.0 Å². The van der Waals surface area contributed by atoms with Gasteiger partial charge in [0, 0.05) is 6.42 Å². The molecule has 1 aliphatic heterocycles. The summed E-state index contributed by atoms with van der Waals surface area (Å²) < 4.78 is 17.5. The van der Waals surface area contributed by atoms with Crippen LogP contribution in [0.2, 0.25) is 0 Å². The minimum absolute atomic E-state index is 0.0552. The van der Waals surface area contributed by atoms with Gasteiger partial charge in [-0.1, -0.05) is 38.1 Å². The molecular weight excluding hydrogens is 556 g/mol. The van der Waals surface area contributed by atoms with Gasteiger partial charge in [0.2, 0.25) is 6.10 Å². The first-order chi connectivity index (χ1) is 20.8. The minimum Gasteiger partial charge on any atom is -0.508 e. The van der Waals surface area contributed by atoms with Crippen molar-refractivity contribution in [2.24, 2.45) is 34.5 Å². The quantitative estimate of drug-likeness (QED) is 0.222. The third-order valence-corrected chi connectivity index (χ3v) is 11.9. The van der Waals surface area contributed by atoms with E-state index in [0.717, 1.165) is 53.9 Å². The van der Waals surface area contributed by atoms with Crippen LogP contribution >= 0.6 is 0 Å². The van der Waals surface area contributed by atoms with Crippen molar-refractivity contribution >= 4 is 28.7 Å². The van der Waals surface area contributed by atoms with Gasteiger partial charge in [0.1, 0.15) is 11.4 Å². The summed E-state index contributed by atoms with van der Waals surface area (Å²) in [5, 5.41) is 11.8. The first-order valence-electron chi connectivity index (χ1n) is 16.7. The van der Waals surface area contributed by atoms with Crippen molar-refractivity contribution in [1.29, 1.82) is 0 Å². The maximum absolute atomic E-state index is 14.3. The molecule has 7 nitrogen and oxygen atoms in total. The van der Waals surface area contributed by atoms with Gasteiger partial charge in [0.25, 0.3) is 0 Å². The van der Waals surface area contributed by atoms with Crippen molar-refractivity contribution < 1.29 is 33.7 Å². The first-order valence-corrected chi connectivity index (χ1v) is 16.7. The van der Waals surface area contributed by atoms with E-state index in [4.69, 9.17) is 14.2 Å². The Morgan fingerprint density at radius 3 is 2.23 bits per heavy atom.